The number of hydrogen-bond donors (Lipinski definition) is 5. The molecule has 1 fully saturated rings. The maximum absolute atomic E-state index is 9.59. The molecule has 0 spiro atoms. The van der Waals surface area contributed by atoms with Crippen LogP contribution in [-0.2, 0) is 4.74 Å². The lowest BCUT2D eigenvalue weighted by molar-refractivity contribution is -0.204. The van der Waals surface area contributed by atoms with Crippen molar-refractivity contribution in [1.29, 1.82) is 0 Å². The standard InChI is InChI=1S/C8H17NO5S/c1-15-8-6(13)4(11)5(12)7(14-8)3(9)2-10/h3-8,10-13H,2,9H2,1H3/t3-,4?,5?,6?,7?,8?/m1/s1. The predicted octanol–water partition coefficient (Wildman–Crippen LogP) is -2.52. The van der Waals surface area contributed by atoms with Gasteiger partial charge >= 0.3 is 0 Å². The maximum atomic E-state index is 9.59. The highest BCUT2D eigenvalue weighted by atomic mass is 32.2. The molecular weight excluding hydrogens is 222 g/mol. The lowest BCUT2D eigenvalue weighted by Gasteiger charge is -2.41. The predicted molar refractivity (Wildman–Crippen MR) is 55.3 cm³/mol. The molecule has 0 aromatic carbocycles. The zero-order chi connectivity index (χ0) is 11.6. The van der Waals surface area contributed by atoms with Crippen LogP contribution in [0, 0.1) is 0 Å². The Balaban J connectivity index is 2.74. The van der Waals surface area contributed by atoms with Gasteiger partial charge in [-0.1, -0.05) is 0 Å². The second-order valence-corrected chi connectivity index (χ2v) is 4.46. The summed E-state index contributed by atoms with van der Waals surface area (Å²) in [5.74, 6) is 0. The van der Waals surface area contributed by atoms with Crippen molar-refractivity contribution in [2.24, 2.45) is 5.73 Å². The van der Waals surface area contributed by atoms with E-state index in [0.29, 0.717) is 0 Å². The molecule has 6 nitrogen and oxygen atoms in total. The first kappa shape index (κ1) is 13.2. The molecule has 0 radical (unpaired) electrons. The third kappa shape index (κ3) is 2.62. The minimum absolute atomic E-state index is 0.356. The Morgan fingerprint density at radius 3 is 2.33 bits per heavy atom. The maximum Gasteiger partial charge on any atom is 0.132 e. The van der Waals surface area contributed by atoms with Crippen LogP contribution in [-0.4, -0.2) is 69.2 Å². The lowest BCUT2D eigenvalue weighted by Crippen LogP contribution is -2.62. The van der Waals surface area contributed by atoms with E-state index in [2.05, 4.69) is 0 Å². The van der Waals surface area contributed by atoms with E-state index in [0.717, 1.165) is 0 Å². The van der Waals surface area contributed by atoms with Crippen molar-refractivity contribution in [3.05, 3.63) is 0 Å². The number of ether oxygens (including phenoxy) is 1. The minimum atomic E-state index is -1.31. The summed E-state index contributed by atoms with van der Waals surface area (Å²) in [6.07, 6.45) is -2.91. The average Bonchev–Trinajstić information content (AvgIpc) is 2.25. The summed E-state index contributed by atoms with van der Waals surface area (Å²) in [6.45, 7) is -0.356. The van der Waals surface area contributed by atoms with Gasteiger partial charge in [-0.05, 0) is 6.26 Å². The van der Waals surface area contributed by atoms with Gasteiger partial charge in [-0.25, -0.2) is 0 Å². The molecule has 1 heterocycles. The van der Waals surface area contributed by atoms with Crippen molar-refractivity contribution in [2.45, 2.75) is 35.9 Å². The molecule has 1 aliphatic rings. The van der Waals surface area contributed by atoms with E-state index in [1.807, 2.05) is 0 Å². The lowest BCUT2D eigenvalue weighted by atomic mass is 9.95. The molecule has 0 aromatic heterocycles. The Bertz CT molecular complexity index is 205. The van der Waals surface area contributed by atoms with Crippen molar-refractivity contribution >= 4 is 11.8 Å². The molecular formula is C8H17NO5S. The second kappa shape index (κ2) is 5.44. The van der Waals surface area contributed by atoms with E-state index in [4.69, 9.17) is 15.6 Å². The van der Waals surface area contributed by atoms with E-state index in [-0.39, 0.29) is 6.61 Å². The fourth-order valence-electron chi connectivity index (χ4n) is 1.53. The fourth-order valence-corrected chi connectivity index (χ4v) is 2.21. The molecule has 7 heteroatoms. The van der Waals surface area contributed by atoms with Crippen LogP contribution >= 0.6 is 11.8 Å². The van der Waals surface area contributed by atoms with Crippen molar-refractivity contribution in [3.63, 3.8) is 0 Å². The van der Waals surface area contributed by atoms with E-state index in [1.165, 1.54) is 11.8 Å². The van der Waals surface area contributed by atoms with Crippen molar-refractivity contribution < 1.29 is 25.2 Å². The topological polar surface area (TPSA) is 116 Å². The van der Waals surface area contributed by atoms with Crippen LogP contribution in [0.15, 0.2) is 0 Å². The van der Waals surface area contributed by atoms with Gasteiger partial charge in [0.15, 0.2) is 0 Å². The Morgan fingerprint density at radius 2 is 1.87 bits per heavy atom. The smallest absolute Gasteiger partial charge is 0.132 e. The van der Waals surface area contributed by atoms with Gasteiger partial charge < -0.3 is 30.9 Å². The van der Waals surface area contributed by atoms with Crippen molar-refractivity contribution in [2.75, 3.05) is 12.9 Å². The fraction of sp³-hybridized carbons (Fsp3) is 1.00. The Morgan fingerprint density at radius 1 is 1.27 bits per heavy atom. The van der Waals surface area contributed by atoms with Crippen LogP contribution in [0.3, 0.4) is 0 Å². The summed E-state index contributed by atoms with van der Waals surface area (Å²) in [4.78, 5) is 0. The van der Waals surface area contributed by atoms with Gasteiger partial charge in [0.05, 0.1) is 12.6 Å². The average molecular weight is 239 g/mol. The van der Waals surface area contributed by atoms with Crippen LogP contribution in [0.1, 0.15) is 0 Å². The number of aliphatic hydroxyl groups is 4. The molecule has 1 aliphatic heterocycles. The highest BCUT2D eigenvalue weighted by Crippen LogP contribution is 2.27. The molecule has 0 saturated carbocycles. The van der Waals surface area contributed by atoms with Crippen LogP contribution in [0.25, 0.3) is 0 Å². The zero-order valence-corrected chi connectivity index (χ0v) is 9.17. The Hall–Kier alpha value is 0.110. The number of rotatable bonds is 3. The van der Waals surface area contributed by atoms with Gasteiger partial charge in [-0.15, -0.1) is 11.8 Å². The van der Waals surface area contributed by atoms with Crippen molar-refractivity contribution in [1.82, 2.24) is 0 Å². The third-order valence-corrected chi connectivity index (χ3v) is 3.33. The summed E-state index contributed by atoms with van der Waals surface area (Å²) in [6, 6.07) is -0.781. The summed E-state index contributed by atoms with van der Waals surface area (Å²) in [7, 11) is 0. The quantitative estimate of drug-likeness (QED) is 0.369. The second-order valence-electron chi connectivity index (χ2n) is 3.52. The number of aliphatic hydroxyl groups excluding tert-OH is 4. The van der Waals surface area contributed by atoms with Gasteiger partial charge in [0, 0.05) is 0 Å². The molecule has 6 atom stereocenters. The molecule has 15 heavy (non-hydrogen) atoms. The first-order valence-electron chi connectivity index (χ1n) is 4.61. The van der Waals surface area contributed by atoms with Gasteiger partial charge in [-0.2, -0.15) is 0 Å². The molecule has 0 bridgehead atoms. The van der Waals surface area contributed by atoms with Gasteiger partial charge in [0.2, 0.25) is 0 Å². The number of thioether (sulfide) groups is 1. The van der Waals surface area contributed by atoms with E-state index < -0.39 is 35.9 Å². The number of hydrogen-bond acceptors (Lipinski definition) is 7. The zero-order valence-electron chi connectivity index (χ0n) is 8.35. The molecule has 0 aromatic rings. The Kier molecular flexibility index (Phi) is 4.78. The number of nitrogens with two attached hydrogens (primary N) is 1. The van der Waals surface area contributed by atoms with Gasteiger partial charge in [-0.3, -0.25) is 0 Å². The normalized spacial score (nSPS) is 44.0. The third-order valence-electron chi connectivity index (χ3n) is 2.47. The van der Waals surface area contributed by atoms with Crippen LogP contribution in [0.2, 0.25) is 0 Å². The monoisotopic (exact) mass is 239 g/mol. The molecule has 90 valence electrons. The highest BCUT2D eigenvalue weighted by Gasteiger charge is 2.45. The molecule has 5 unspecified atom stereocenters. The molecule has 6 N–H and O–H groups in total. The van der Waals surface area contributed by atoms with Gasteiger partial charge in [0.1, 0.15) is 29.9 Å². The molecule has 0 aliphatic carbocycles. The molecule has 0 amide bonds. The highest BCUT2D eigenvalue weighted by molar-refractivity contribution is 7.99. The summed E-state index contributed by atoms with van der Waals surface area (Å²) in [5.41, 5.74) is 4.88. The molecule has 1 saturated heterocycles. The van der Waals surface area contributed by atoms with E-state index in [9.17, 15) is 15.3 Å². The van der Waals surface area contributed by atoms with Crippen LogP contribution < -0.4 is 5.73 Å². The summed E-state index contributed by atoms with van der Waals surface area (Å²) in [5, 5.41) is 37.5. The first-order chi connectivity index (χ1) is 7.02. The minimum Gasteiger partial charge on any atom is -0.395 e. The largest absolute Gasteiger partial charge is 0.395 e. The molecule has 1 rings (SSSR count). The summed E-state index contributed by atoms with van der Waals surface area (Å²) < 4.78 is 5.30. The SMILES string of the molecule is CSC1OC([C@H](N)CO)C(O)C(O)C1O. The Labute approximate surface area is 92.0 Å². The van der Waals surface area contributed by atoms with E-state index >= 15 is 0 Å². The van der Waals surface area contributed by atoms with Crippen LogP contribution in [0.5, 0.6) is 0 Å². The first-order valence-corrected chi connectivity index (χ1v) is 5.90. The van der Waals surface area contributed by atoms with Crippen LogP contribution in [0.4, 0.5) is 0 Å². The van der Waals surface area contributed by atoms with E-state index in [1.54, 1.807) is 6.26 Å². The van der Waals surface area contributed by atoms with Gasteiger partial charge in [0.25, 0.3) is 0 Å². The summed E-state index contributed by atoms with van der Waals surface area (Å²) >= 11 is 1.21. The van der Waals surface area contributed by atoms with Crippen molar-refractivity contribution in [3.8, 4) is 0 Å².